The molecule has 1 N–H and O–H groups in total. The molecule has 0 amide bonds. The molecule has 0 bridgehead atoms. The van der Waals surface area contributed by atoms with Crippen LogP contribution in [0.1, 0.15) is 32.6 Å². The Bertz CT molecular complexity index is 99.8. The monoisotopic (exact) mass is 263 g/mol. The van der Waals surface area contributed by atoms with Gasteiger partial charge in [0, 0.05) is 25.6 Å². The zero-order chi connectivity index (χ0) is 7.82. The second kappa shape index (κ2) is 10.7. The van der Waals surface area contributed by atoms with E-state index in [0.717, 1.165) is 12.8 Å². The molecule has 0 aromatic heterocycles. The van der Waals surface area contributed by atoms with Crippen LogP contribution < -0.4 is 0 Å². The molecule has 0 aromatic carbocycles. The third-order valence-corrected chi connectivity index (χ3v) is 1.60. The van der Waals surface area contributed by atoms with Crippen molar-refractivity contribution in [3.05, 3.63) is 0 Å². The minimum absolute atomic E-state index is 0. The zero-order valence-corrected chi connectivity index (χ0v) is 9.56. The maximum absolute atomic E-state index is 9.96. The van der Waals surface area contributed by atoms with E-state index in [-0.39, 0.29) is 21.1 Å². The van der Waals surface area contributed by atoms with Crippen molar-refractivity contribution >= 4 is 8.25 Å². The third kappa shape index (κ3) is 13.7. The molecular weight excluding hydrogens is 247 g/mol. The van der Waals surface area contributed by atoms with Gasteiger partial charge in [-0.3, -0.25) is 0 Å². The summed E-state index contributed by atoms with van der Waals surface area (Å²) in [4.78, 5) is 8.20. The molecule has 1 unspecified atom stereocenters. The van der Waals surface area contributed by atoms with Crippen LogP contribution in [0.2, 0.25) is 0 Å². The maximum Gasteiger partial charge on any atom is 0.694 e. The first-order chi connectivity index (χ1) is 4.77. The molecule has 3 nitrogen and oxygen atoms in total. The van der Waals surface area contributed by atoms with E-state index >= 15 is 0 Å². The molecule has 66 valence electrons. The van der Waals surface area contributed by atoms with Crippen LogP contribution in [0.5, 0.6) is 0 Å². The molecule has 0 rings (SSSR count). The van der Waals surface area contributed by atoms with Crippen LogP contribution in [0.3, 0.4) is 0 Å². The Morgan fingerprint density at radius 1 is 1.36 bits per heavy atom. The number of hydrogen-bond donors (Lipinski definition) is 1. The SMILES string of the molecule is CCCCCCO[P+](=O)O.[Mo]. The largest absolute Gasteiger partial charge is 0.694 e. The fourth-order valence-corrected chi connectivity index (χ4v) is 0.957. The maximum atomic E-state index is 9.96. The van der Waals surface area contributed by atoms with Crippen molar-refractivity contribution < 1.29 is 35.0 Å². The molecule has 1 atom stereocenters. The summed E-state index contributed by atoms with van der Waals surface area (Å²) in [5.41, 5.74) is 0. The van der Waals surface area contributed by atoms with Gasteiger partial charge in [0.15, 0.2) is 0 Å². The Morgan fingerprint density at radius 3 is 2.45 bits per heavy atom. The van der Waals surface area contributed by atoms with Crippen LogP contribution in [0, 0.1) is 0 Å². The van der Waals surface area contributed by atoms with Gasteiger partial charge < -0.3 is 0 Å². The number of rotatable bonds is 6. The van der Waals surface area contributed by atoms with Gasteiger partial charge in [0.2, 0.25) is 0 Å². The molecule has 0 heterocycles. The quantitative estimate of drug-likeness (QED) is 0.453. The van der Waals surface area contributed by atoms with Gasteiger partial charge in [-0.1, -0.05) is 26.2 Å². The molecule has 5 heteroatoms. The Balaban J connectivity index is 0. The van der Waals surface area contributed by atoms with Gasteiger partial charge in [-0.05, 0) is 6.42 Å². The summed E-state index contributed by atoms with van der Waals surface area (Å²) in [6, 6.07) is 0. The second-order valence-corrected chi connectivity index (χ2v) is 2.87. The van der Waals surface area contributed by atoms with Crippen molar-refractivity contribution in [2.75, 3.05) is 6.61 Å². The minimum Gasteiger partial charge on any atom is -0.133 e. The van der Waals surface area contributed by atoms with Gasteiger partial charge in [0.1, 0.15) is 6.61 Å². The molecule has 0 radical (unpaired) electrons. The van der Waals surface area contributed by atoms with Crippen LogP contribution in [-0.2, 0) is 30.2 Å². The standard InChI is InChI=1S/C6H13O3P.Mo/c1-2-3-4-5-6-9-10(7)8;/h2-6H2,1H3;/p+1. The van der Waals surface area contributed by atoms with Crippen LogP contribution >= 0.6 is 8.25 Å². The smallest absolute Gasteiger partial charge is 0.133 e. The predicted molar refractivity (Wildman–Crippen MR) is 39.9 cm³/mol. The predicted octanol–water partition coefficient (Wildman–Crippen LogP) is 2.23. The fourth-order valence-electron chi connectivity index (χ4n) is 0.671. The van der Waals surface area contributed by atoms with E-state index in [0.29, 0.717) is 6.61 Å². The minimum atomic E-state index is -2.37. The van der Waals surface area contributed by atoms with Crippen LogP contribution in [0.25, 0.3) is 0 Å². The summed E-state index contributed by atoms with van der Waals surface area (Å²) in [6.07, 6.45) is 4.31. The van der Waals surface area contributed by atoms with Gasteiger partial charge in [0.05, 0.1) is 0 Å². The average molecular weight is 261 g/mol. The van der Waals surface area contributed by atoms with E-state index in [1.807, 2.05) is 0 Å². The number of unbranched alkanes of at least 4 members (excludes halogenated alkanes) is 3. The molecule has 0 saturated heterocycles. The van der Waals surface area contributed by atoms with Crippen molar-refractivity contribution in [1.82, 2.24) is 0 Å². The third-order valence-electron chi connectivity index (χ3n) is 1.20. The van der Waals surface area contributed by atoms with Crippen LogP contribution in [0.15, 0.2) is 0 Å². The van der Waals surface area contributed by atoms with Crippen molar-refractivity contribution in [2.24, 2.45) is 0 Å². The van der Waals surface area contributed by atoms with Gasteiger partial charge in [-0.25, -0.2) is 0 Å². The Morgan fingerprint density at radius 2 is 2.00 bits per heavy atom. The molecule has 11 heavy (non-hydrogen) atoms. The fraction of sp³-hybridized carbons (Fsp3) is 1.00. The summed E-state index contributed by atoms with van der Waals surface area (Å²) >= 11 is 0. The van der Waals surface area contributed by atoms with Crippen LogP contribution in [0.4, 0.5) is 0 Å². The molecule has 0 spiro atoms. The van der Waals surface area contributed by atoms with Gasteiger partial charge >= 0.3 is 8.25 Å². The average Bonchev–Trinajstić information content (AvgIpc) is 1.87. The zero-order valence-electron chi connectivity index (χ0n) is 6.65. The first-order valence-corrected chi connectivity index (χ1v) is 4.69. The van der Waals surface area contributed by atoms with E-state index in [1.165, 1.54) is 12.8 Å². The summed E-state index contributed by atoms with van der Waals surface area (Å²) in [7, 11) is -2.37. The van der Waals surface area contributed by atoms with E-state index < -0.39 is 8.25 Å². The summed E-state index contributed by atoms with van der Waals surface area (Å²) < 4.78 is 14.4. The second-order valence-electron chi connectivity index (χ2n) is 2.13. The molecule has 0 aliphatic rings. The van der Waals surface area contributed by atoms with Gasteiger partial charge in [-0.2, -0.15) is 0 Å². The molecule has 0 aromatic rings. The van der Waals surface area contributed by atoms with Crippen LogP contribution in [-0.4, -0.2) is 11.5 Å². The summed E-state index contributed by atoms with van der Waals surface area (Å²) in [5.74, 6) is 0. The van der Waals surface area contributed by atoms with Gasteiger partial charge in [0.25, 0.3) is 0 Å². The Labute approximate surface area is 82.7 Å². The first kappa shape index (κ1) is 14.2. The molecule has 0 saturated carbocycles. The van der Waals surface area contributed by atoms with Crippen molar-refractivity contribution in [3.63, 3.8) is 0 Å². The number of hydrogen-bond acceptors (Lipinski definition) is 2. The summed E-state index contributed by atoms with van der Waals surface area (Å²) in [6.45, 7) is 2.53. The molecular formula is C6H14MoO3P+. The molecule has 0 aliphatic heterocycles. The van der Waals surface area contributed by atoms with E-state index in [9.17, 15) is 4.57 Å². The topological polar surface area (TPSA) is 46.5 Å². The Kier molecular flexibility index (Phi) is 13.9. The van der Waals surface area contributed by atoms with E-state index in [4.69, 9.17) is 4.89 Å². The van der Waals surface area contributed by atoms with Gasteiger partial charge in [-0.15, -0.1) is 9.42 Å². The van der Waals surface area contributed by atoms with Crippen molar-refractivity contribution in [1.29, 1.82) is 0 Å². The normalized spacial score (nSPS) is 10.5. The first-order valence-electron chi connectivity index (χ1n) is 3.56. The van der Waals surface area contributed by atoms with Crippen molar-refractivity contribution in [2.45, 2.75) is 32.6 Å². The van der Waals surface area contributed by atoms with E-state index in [1.54, 1.807) is 0 Å². The Hall–Kier alpha value is 0.708. The molecule has 0 aliphatic carbocycles. The van der Waals surface area contributed by atoms with E-state index in [2.05, 4.69) is 11.4 Å². The molecule has 0 fully saturated rings. The van der Waals surface area contributed by atoms with Crippen molar-refractivity contribution in [3.8, 4) is 0 Å². The summed E-state index contributed by atoms with van der Waals surface area (Å²) in [5, 5.41) is 0.